The van der Waals surface area contributed by atoms with Gasteiger partial charge in [0.25, 0.3) is 0 Å². The predicted octanol–water partition coefficient (Wildman–Crippen LogP) is 5.30. The fourth-order valence-electron chi connectivity index (χ4n) is 1.99. The lowest BCUT2D eigenvalue weighted by Crippen LogP contribution is -1.83. The number of thioether (sulfide) groups is 1. The predicted molar refractivity (Wildman–Crippen MR) is 89.5 cm³/mol. The summed E-state index contributed by atoms with van der Waals surface area (Å²) in [5.74, 6) is 2.91. The van der Waals surface area contributed by atoms with E-state index in [1.54, 1.807) is 25.1 Å². The van der Waals surface area contributed by atoms with E-state index in [4.69, 9.17) is 20.8 Å². The van der Waals surface area contributed by atoms with Crippen molar-refractivity contribution in [3.05, 3.63) is 65.6 Å². The molecule has 0 saturated carbocycles. The molecule has 0 N–H and O–H groups in total. The van der Waals surface area contributed by atoms with E-state index < -0.39 is 0 Å². The highest BCUT2D eigenvalue weighted by molar-refractivity contribution is 7.98. The van der Waals surface area contributed by atoms with Crippen molar-refractivity contribution >= 4 is 23.4 Å². The van der Waals surface area contributed by atoms with Gasteiger partial charge < -0.3 is 9.15 Å². The Hall–Kier alpha value is -1.91. The highest BCUT2D eigenvalue weighted by atomic mass is 35.5. The zero-order valence-corrected chi connectivity index (χ0v) is 13.5. The number of oxazole rings is 1. The van der Waals surface area contributed by atoms with Gasteiger partial charge in [0.2, 0.25) is 5.89 Å². The lowest BCUT2D eigenvalue weighted by molar-refractivity contribution is 0.413. The fraction of sp³-hybridized carbons (Fsp3) is 0.118. The topological polar surface area (TPSA) is 35.3 Å². The van der Waals surface area contributed by atoms with Gasteiger partial charge in [-0.2, -0.15) is 0 Å². The van der Waals surface area contributed by atoms with Crippen LogP contribution in [-0.4, -0.2) is 12.1 Å². The molecule has 0 bridgehead atoms. The smallest absolute Gasteiger partial charge is 0.205 e. The molecule has 0 aliphatic heterocycles. The van der Waals surface area contributed by atoms with Crippen molar-refractivity contribution in [1.29, 1.82) is 0 Å². The Labute approximate surface area is 138 Å². The highest BCUT2D eigenvalue weighted by Crippen LogP contribution is 2.28. The number of ether oxygens (including phenoxy) is 1. The number of aromatic nitrogens is 1. The summed E-state index contributed by atoms with van der Waals surface area (Å²) in [5.41, 5.74) is 0.928. The van der Waals surface area contributed by atoms with Crippen molar-refractivity contribution in [3.63, 3.8) is 0 Å². The third kappa shape index (κ3) is 3.64. The normalized spacial score (nSPS) is 10.6. The van der Waals surface area contributed by atoms with E-state index in [0.29, 0.717) is 16.7 Å². The largest absolute Gasteiger partial charge is 0.497 e. The summed E-state index contributed by atoms with van der Waals surface area (Å²) >= 11 is 7.65. The molecule has 22 heavy (non-hydrogen) atoms. The minimum absolute atomic E-state index is 0.660. The number of hydrogen-bond donors (Lipinski definition) is 0. The Kier molecular flexibility index (Phi) is 4.71. The quantitative estimate of drug-likeness (QED) is 0.594. The van der Waals surface area contributed by atoms with Gasteiger partial charge in [-0.3, -0.25) is 0 Å². The summed E-state index contributed by atoms with van der Waals surface area (Å²) in [5, 5.41) is 0.682. The number of methoxy groups -OCH3 is 1. The van der Waals surface area contributed by atoms with Crippen LogP contribution >= 0.6 is 23.4 Å². The van der Waals surface area contributed by atoms with Crippen LogP contribution in [0, 0.1) is 0 Å². The molecule has 3 rings (SSSR count). The highest BCUT2D eigenvalue weighted by Gasteiger charge is 2.07. The van der Waals surface area contributed by atoms with Crippen molar-refractivity contribution in [2.45, 2.75) is 10.6 Å². The van der Waals surface area contributed by atoms with Gasteiger partial charge in [-0.15, -0.1) is 11.8 Å². The second-order valence-corrected chi connectivity index (χ2v) is 6.08. The van der Waals surface area contributed by atoms with E-state index in [0.717, 1.165) is 22.0 Å². The maximum absolute atomic E-state index is 5.99. The average Bonchev–Trinajstić information content (AvgIpc) is 3.02. The molecule has 112 valence electrons. The Morgan fingerprint density at radius 1 is 1.18 bits per heavy atom. The van der Waals surface area contributed by atoms with Crippen LogP contribution in [-0.2, 0) is 5.75 Å². The van der Waals surface area contributed by atoms with Gasteiger partial charge in [0.05, 0.1) is 19.1 Å². The van der Waals surface area contributed by atoms with Gasteiger partial charge in [-0.25, -0.2) is 4.98 Å². The number of nitrogens with zero attached hydrogens (tertiary/aromatic N) is 1. The van der Waals surface area contributed by atoms with Gasteiger partial charge in [-0.1, -0.05) is 29.8 Å². The molecule has 1 heterocycles. The van der Waals surface area contributed by atoms with Crippen LogP contribution in [0.4, 0.5) is 0 Å². The molecule has 2 aromatic carbocycles. The minimum atomic E-state index is 0.660. The molecule has 0 aliphatic rings. The van der Waals surface area contributed by atoms with Crippen LogP contribution in [0.15, 0.2) is 64.0 Å². The van der Waals surface area contributed by atoms with Crippen LogP contribution in [0.2, 0.25) is 5.02 Å². The molecule has 0 spiro atoms. The molecular formula is C17H14ClNO2S. The summed E-state index contributed by atoms with van der Waals surface area (Å²) in [6.07, 6.45) is 1.73. The first-order valence-electron chi connectivity index (χ1n) is 6.72. The Morgan fingerprint density at radius 3 is 2.86 bits per heavy atom. The van der Waals surface area contributed by atoms with Crippen LogP contribution in [0.3, 0.4) is 0 Å². The van der Waals surface area contributed by atoms with Crippen molar-refractivity contribution in [3.8, 4) is 17.1 Å². The molecule has 0 aliphatic carbocycles. The van der Waals surface area contributed by atoms with Gasteiger partial charge in [0, 0.05) is 15.5 Å². The van der Waals surface area contributed by atoms with Crippen LogP contribution in [0.25, 0.3) is 11.3 Å². The average molecular weight is 332 g/mol. The standard InChI is InChI=1S/C17H14ClNO2S/c1-20-14-6-3-7-15(9-14)22-11-17-19-10-16(21-17)12-4-2-5-13(18)8-12/h2-10H,11H2,1H3. The summed E-state index contributed by atoms with van der Waals surface area (Å²) in [4.78, 5) is 5.43. The first-order valence-corrected chi connectivity index (χ1v) is 8.08. The lowest BCUT2D eigenvalue weighted by atomic mass is 10.2. The molecular weight excluding hydrogens is 318 g/mol. The maximum atomic E-state index is 5.99. The van der Waals surface area contributed by atoms with Gasteiger partial charge in [0.15, 0.2) is 5.76 Å². The molecule has 0 amide bonds. The van der Waals surface area contributed by atoms with E-state index in [2.05, 4.69) is 4.98 Å². The summed E-state index contributed by atoms with van der Waals surface area (Å²) in [7, 11) is 1.66. The van der Waals surface area contributed by atoms with Crippen LogP contribution in [0.5, 0.6) is 5.75 Å². The number of benzene rings is 2. The Bertz CT molecular complexity index is 773. The van der Waals surface area contributed by atoms with Crippen molar-refractivity contribution in [1.82, 2.24) is 4.98 Å². The molecule has 1 aromatic heterocycles. The molecule has 5 heteroatoms. The third-order valence-corrected chi connectivity index (χ3v) is 4.28. The van der Waals surface area contributed by atoms with Gasteiger partial charge in [-0.05, 0) is 30.3 Å². The molecule has 0 radical (unpaired) electrons. The minimum Gasteiger partial charge on any atom is -0.497 e. The zero-order chi connectivity index (χ0) is 15.4. The number of hydrogen-bond acceptors (Lipinski definition) is 4. The summed E-state index contributed by atoms with van der Waals surface area (Å²) < 4.78 is 11.0. The second-order valence-electron chi connectivity index (χ2n) is 4.60. The zero-order valence-electron chi connectivity index (χ0n) is 12.0. The maximum Gasteiger partial charge on any atom is 0.205 e. The third-order valence-electron chi connectivity index (χ3n) is 3.07. The molecule has 3 nitrogen and oxygen atoms in total. The van der Waals surface area contributed by atoms with E-state index in [1.807, 2.05) is 48.5 Å². The first kappa shape index (κ1) is 15.0. The fourth-order valence-corrected chi connectivity index (χ4v) is 2.98. The van der Waals surface area contributed by atoms with Crippen molar-refractivity contribution in [2.75, 3.05) is 7.11 Å². The molecule has 0 unspecified atom stereocenters. The monoisotopic (exact) mass is 331 g/mol. The summed E-state index contributed by atoms with van der Waals surface area (Å²) in [6, 6.07) is 15.5. The SMILES string of the molecule is COc1cccc(SCc2ncc(-c3cccc(Cl)c3)o2)c1. The lowest BCUT2D eigenvalue weighted by Gasteiger charge is -2.02. The van der Waals surface area contributed by atoms with Crippen LogP contribution in [0.1, 0.15) is 5.89 Å². The number of halogens is 1. The Balaban J connectivity index is 1.69. The Morgan fingerprint density at radius 2 is 2.05 bits per heavy atom. The van der Waals surface area contributed by atoms with Crippen molar-refractivity contribution < 1.29 is 9.15 Å². The van der Waals surface area contributed by atoms with E-state index in [-0.39, 0.29) is 0 Å². The van der Waals surface area contributed by atoms with Gasteiger partial charge >= 0.3 is 0 Å². The van der Waals surface area contributed by atoms with E-state index in [9.17, 15) is 0 Å². The first-order chi connectivity index (χ1) is 10.7. The number of rotatable bonds is 5. The van der Waals surface area contributed by atoms with Crippen LogP contribution < -0.4 is 4.74 Å². The van der Waals surface area contributed by atoms with E-state index in [1.165, 1.54) is 0 Å². The molecule has 0 saturated heterocycles. The van der Waals surface area contributed by atoms with E-state index >= 15 is 0 Å². The van der Waals surface area contributed by atoms with Crippen molar-refractivity contribution in [2.24, 2.45) is 0 Å². The summed E-state index contributed by atoms with van der Waals surface area (Å²) in [6.45, 7) is 0. The second kappa shape index (κ2) is 6.90. The molecule has 0 fully saturated rings. The molecule has 0 atom stereocenters. The molecule has 3 aromatic rings. The van der Waals surface area contributed by atoms with Gasteiger partial charge in [0.1, 0.15) is 5.75 Å².